The van der Waals surface area contributed by atoms with Crippen molar-refractivity contribution in [3.63, 3.8) is 0 Å². The molecule has 0 atom stereocenters. The third kappa shape index (κ3) is 3.72. The molecule has 0 heterocycles. The average molecular weight is 274 g/mol. The number of phenolic OH excluding ortho intramolecular Hbond substituents is 1. The van der Waals surface area contributed by atoms with Crippen LogP contribution in [0.25, 0.3) is 17.2 Å². The van der Waals surface area contributed by atoms with Crippen molar-refractivity contribution in [2.24, 2.45) is 0 Å². The molecular formula is C18H14N2O. The first kappa shape index (κ1) is 14.4. The number of nitrogens with zero attached hydrogens (tertiary/aromatic N) is 2. The molecule has 0 saturated carbocycles. The molecule has 0 amide bonds. The lowest BCUT2D eigenvalue weighted by Crippen LogP contribution is -1.84. The van der Waals surface area contributed by atoms with Crippen LogP contribution in [0.15, 0.2) is 48.5 Å². The number of aromatic hydroxyl groups is 1. The molecule has 2 aromatic carbocycles. The standard InChI is InChI=1S/C18H14N2O/c19-11-2-1-3-17-13-16(8-9-18(17)21)15-6-4-14(5-7-15)10-12-20/h1,3-9,13,21H,2,10H2/b3-1+. The second-order valence-corrected chi connectivity index (χ2v) is 4.57. The van der Waals surface area contributed by atoms with E-state index in [-0.39, 0.29) is 5.75 Å². The van der Waals surface area contributed by atoms with Gasteiger partial charge in [0.2, 0.25) is 0 Å². The number of allylic oxidation sites excluding steroid dienone is 1. The van der Waals surface area contributed by atoms with E-state index in [2.05, 4.69) is 6.07 Å². The third-order valence-corrected chi connectivity index (χ3v) is 3.10. The Hall–Kier alpha value is -3.04. The van der Waals surface area contributed by atoms with Crippen LogP contribution in [0.3, 0.4) is 0 Å². The van der Waals surface area contributed by atoms with Gasteiger partial charge in [0.15, 0.2) is 0 Å². The Balaban J connectivity index is 2.30. The number of rotatable bonds is 4. The number of benzene rings is 2. The highest BCUT2D eigenvalue weighted by atomic mass is 16.3. The zero-order valence-corrected chi connectivity index (χ0v) is 11.5. The van der Waals surface area contributed by atoms with Crippen LogP contribution in [-0.4, -0.2) is 5.11 Å². The maximum Gasteiger partial charge on any atom is 0.122 e. The summed E-state index contributed by atoms with van der Waals surface area (Å²) in [5.74, 6) is 0.189. The second kappa shape index (κ2) is 6.93. The van der Waals surface area contributed by atoms with Crippen LogP contribution in [-0.2, 0) is 6.42 Å². The van der Waals surface area contributed by atoms with Crippen molar-refractivity contribution >= 4 is 6.08 Å². The Kier molecular flexibility index (Phi) is 4.75. The van der Waals surface area contributed by atoms with E-state index in [0.29, 0.717) is 18.4 Å². The van der Waals surface area contributed by atoms with Gasteiger partial charge in [0.1, 0.15) is 5.75 Å². The van der Waals surface area contributed by atoms with Crippen LogP contribution in [0.5, 0.6) is 5.75 Å². The summed E-state index contributed by atoms with van der Waals surface area (Å²) in [6, 6.07) is 17.3. The minimum atomic E-state index is 0.189. The minimum absolute atomic E-state index is 0.189. The van der Waals surface area contributed by atoms with Gasteiger partial charge in [-0.15, -0.1) is 0 Å². The molecule has 0 unspecified atom stereocenters. The maximum absolute atomic E-state index is 9.83. The van der Waals surface area contributed by atoms with Crippen molar-refractivity contribution in [2.75, 3.05) is 0 Å². The lowest BCUT2D eigenvalue weighted by Gasteiger charge is -2.06. The van der Waals surface area contributed by atoms with E-state index in [1.165, 1.54) is 0 Å². The normalized spacial score (nSPS) is 10.2. The molecule has 21 heavy (non-hydrogen) atoms. The SMILES string of the molecule is N#CC/C=C/c1cc(-c2ccc(CC#N)cc2)ccc1O. The molecule has 0 aromatic heterocycles. The quantitative estimate of drug-likeness (QED) is 0.914. The Bertz CT molecular complexity index is 731. The van der Waals surface area contributed by atoms with Gasteiger partial charge in [0, 0.05) is 5.56 Å². The van der Waals surface area contributed by atoms with Crippen molar-refractivity contribution in [3.8, 4) is 29.0 Å². The first-order valence-electron chi connectivity index (χ1n) is 6.57. The molecule has 0 aliphatic carbocycles. The van der Waals surface area contributed by atoms with Gasteiger partial charge in [-0.05, 0) is 28.8 Å². The predicted molar refractivity (Wildman–Crippen MR) is 82.1 cm³/mol. The molecule has 3 nitrogen and oxygen atoms in total. The Morgan fingerprint density at radius 3 is 2.33 bits per heavy atom. The van der Waals surface area contributed by atoms with Gasteiger partial charge < -0.3 is 5.11 Å². The number of hydrogen-bond donors (Lipinski definition) is 1. The summed E-state index contributed by atoms with van der Waals surface area (Å²) in [7, 11) is 0. The van der Waals surface area contributed by atoms with Crippen molar-refractivity contribution in [2.45, 2.75) is 12.8 Å². The van der Waals surface area contributed by atoms with E-state index in [1.54, 1.807) is 18.2 Å². The fourth-order valence-corrected chi connectivity index (χ4v) is 2.01. The smallest absolute Gasteiger partial charge is 0.122 e. The molecule has 0 aliphatic heterocycles. The summed E-state index contributed by atoms with van der Waals surface area (Å²) in [5, 5.41) is 27.0. The first-order valence-corrected chi connectivity index (χ1v) is 6.57. The zero-order chi connectivity index (χ0) is 15.1. The molecule has 2 aromatic rings. The van der Waals surface area contributed by atoms with Gasteiger partial charge in [-0.3, -0.25) is 0 Å². The largest absolute Gasteiger partial charge is 0.507 e. The number of hydrogen-bond acceptors (Lipinski definition) is 3. The van der Waals surface area contributed by atoms with E-state index < -0.39 is 0 Å². The van der Waals surface area contributed by atoms with Gasteiger partial charge >= 0.3 is 0 Å². The van der Waals surface area contributed by atoms with Crippen molar-refractivity contribution in [1.82, 2.24) is 0 Å². The highest BCUT2D eigenvalue weighted by Crippen LogP contribution is 2.27. The Morgan fingerprint density at radius 1 is 0.952 bits per heavy atom. The van der Waals surface area contributed by atoms with Crippen LogP contribution >= 0.6 is 0 Å². The van der Waals surface area contributed by atoms with Crippen molar-refractivity contribution < 1.29 is 5.11 Å². The average Bonchev–Trinajstić information content (AvgIpc) is 2.51. The molecule has 0 aliphatic rings. The second-order valence-electron chi connectivity index (χ2n) is 4.57. The van der Waals surface area contributed by atoms with Crippen LogP contribution in [0.2, 0.25) is 0 Å². The highest BCUT2D eigenvalue weighted by Gasteiger charge is 2.03. The summed E-state index contributed by atoms with van der Waals surface area (Å²) in [6.45, 7) is 0. The van der Waals surface area contributed by atoms with Gasteiger partial charge in [-0.1, -0.05) is 42.5 Å². The summed E-state index contributed by atoms with van der Waals surface area (Å²) in [5.41, 5.74) is 3.66. The molecular weight excluding hydrogens is 260 g/mol. The summed E-state index contributed by atoms with van der Waals surface area (Å²) in [4.78, 5) is 0. The van der Waals surface area contributed by atoms with E-state index >= 15 is 0 Å². The molecule has 0 fully saturated rings. The molecule has 3 heteroatoms. The van der Waals surface area contributed by atoms with E-state index in [9.17, 15) is 5.11 Å². The fraction of sp³-hybridized carbons (Fsp3) is 0.111. The minimum Gasteiger partial charge on any atom is -0.507 e. The summed E-state index contributed by atoms with van der Waals surface area (Å²) < 4.78 is 0. The topological polar surface area (TPSA) is 67.8 Å². The molecule has 0 radical (unpaired) electrons. The van der Waals surface area contributed by atoms with E-state index in [4.69, 9.17) is 10.5 Å². The molecule has 2 rings (SSSR count). The lowest BCUT2D eigenvalue weighted by atomic mass is 10.0. The molecule has 0 bridgehead atoms. The van der Waals surface area contributed by atoms with Gasteiger partial charge in [-0.2, -0.15) is 10.5 Å². The highest BCUT2D eigenvalue weighted by molar-refractivity contribution is 5.70. The maximum atomic E-state index is 9.83. The Labute approximate surface area is 124 Å². The molecule has 0 saturated heterocycles. The number of phenols is 1. The Morgan fingerprint density at radius 2 is 1.67 bits per heavy atom. The fourth-order valence-electron chi connectivity index (χ4n) is 2.01. The number of nitriles is 2. The predicted octanol–water partition coefficient (Wildman–Crippen LogP) is 4.05. The summed E-state index contributed by atoms with van der Waals surface area (Å²) >= 11 is 0. The van der Waals surface area contributed by atoms with E-state index in [1.807, 2.05) is 42.5 Å². The zero-order valence-electron chi connectivity index (χ0n) is 11.5. The molecule has 1 N–H and O–H groups in total. The van der Waals surface area contributed by atoms with Gasteiger partial charge in [-0.25, -0.2) is 0 Å². The molecule has 0 spiro atoms. The van der Waals surface area contributed by atoms with E-state index in [0.717, 1.165) is 16.7 Å². The van der Waals surface area contributed by atoms with Crippen LogP contribution in [0.1, 0.15) is 17.5 Å². The van der Waals surface area contributed by atoms with Crippen LogP contribution < -0.4 is 0 Å². The third-order valence-electron chi connectivity index (χ3n) is 3.10. The van der Waals surface area contributed by atoms with Crippen LogP contribution in [0.4, 0.5) is 0 Å². The monoisotopic (exact) mass is 274 g/mol. The van der Waals surface area contributed by atoms with Crippen LogP contribution in [0, 0.1) is 22.7 Å². The molecule has 102 valence electrons. The van der Waals surface area contributed by atoms with Gasteiger partial charge in [0.05, 0.1) is 25.0 Å². The summed E-state index contributed by atoms with van der Waals surface area (Å²) in [6.07, 6.45) is 4.17. The van der Waals surface area contributed by atoms with Crippen molar-refractivity contribution in [1.29, 1.82) is 10.5 Å². The van der Waals surface area contributed by atoms with Gasteiger partial charge in [0.25, 0.3) is 0 Å². The lowest BCUT2D eigenvalue weighted by molar-refractivity contribution is 0.474. The first-order chi connectivity index (χ1) is 10.2. The van der Waals surface area contributed by atoms with Crippen molar-refractivity contribution in [3.05, 3.63) is 59.7 Å².